The lowest BCUT2D eigenvalue weighted by atomic mass is 9.94. The van der Waals surface area contributed by atoms with Crippen LogP contribution in [0.4, 0.5) is 0 Å². The molecule has 1 saturated heterocycles. The summed E-state index contributed by atoms with van der Waals surface area (Å²) in [6.07, 6.45) is 0.497. The van der Waals surface area contributed by atoms with Gasteiger partial charge in [-0.1, -0.05) is 24.3 Å². The predicted molar refractivity (Wildman–Crippen MR) is 118 cm³/mol. The Balaban J connectivity index is 1.43. The van der Waals surface area contributed by atoms with E-state index in [2.05, 4.69) is 0 Å². The maximum Gasteiger partial charge on any atom is 0.329 e. The highest BCUT2D eigenvalue weighted by Crippen LogP contribution is 2.30. The van der Waals surface area contributed by atoms with Crippen molar-refractivity contribution >= 4 is 46.2 Å². The van der Waals surface area contributed by atoms with Crippen LogP contribution in [0, 0.1) is 0 Å². The van der Waals surface area contributed by atoms with Crippen molar-refractivity contribution in [3.63, 3.8) is 0 Å². The number of carbonyl (C=O) groups is 4. The lowest BCUT2D eigenvalue weighted by molar-refractivity contribution is -0.153. The molecule has 162 valence electrons. The molecular formula is C23H24N2O5S. The summed E-state index contributed by atoms with van der Waals surface area (Å²) >= 11 is 1.62. The quantitative estimate of drug-likeness (QED) is 0.507. The van der Waals surface area contributed by atoms with Crippen molar-refractivity contribution in [3.8, 4) is 0 Å². The van der Waals surface area contributed by atoms with Crippen molar-refractivity contribution in [1.29, 1.82) is 0 Å². The monoisotopic (exact) mass is 440 g/mol. The van der Waals surface area contributed by atoms with Crippen LogP contribution in [0.15, 0.2) is 36.4 Å². The number of nitrogens with zero attached hydrogens (tertiary/aromatic N) is 2. The van der Waals surface area contributed by atoms with E-state index in [4.69, 9.17) is 4.74 Å². The Morgan fingerprint density at radius 2 is 1.77 bits per heavy atom. The van der Waals surface area contributed by atoms with E-state index in [1.54, 1.807) is 47.9 Å². The summed E-state index contributed by atoms with van der Waals surface area (Å²) in [5.74, 6) is 0.0907. The van der Waals surface area contributed by atoms with E-state index in [9.17, 15) is 19.2 Å². The lowest BCUT2D eigenvalue weighted by Crippen LogP contribution is -2.51. The van der Waals surface area contributed by atoms with Crippen molar-refractivity contribution in [2.45, 2.75) is 25.8 Å². The predicted octanol–water partition coefficient (Wildman–Crippen LogP) is 2.72. The minimum atomic E-state index is -0.575. The highest BCUT2D eigenvalue weighted by molar-refractivity contribution is 7.99. The first-order valence-electron chi connectivity index (χ1n) is 10.4. The summed E-state index contributed by atoms with van der Waals surface area (Å²) in [6, 6.07) is 10.3. The van der Waals surface area contributed by atoms with E-state index in [0.29, 0.717) is 35.2 Å². The summed E-state index contributed by atoms with van der Waals surface area (Å²) in [7, 11) is 0. The molecule has 2 aliphatic rings. The standard InChI is InChI=1S/C23H24N2O5S/c1-2-30-23(29)18-14-31-13-12-24(18)19(26)10-5-11-25-21(27)16-8-3-6-15-7-4-9-17(20(15)16)22(25)28/h3-4,6-9,18H,2,5,10-14H2,1H3. The van der Waals surface area contributed by atoms with Crippen LogP contribution in [0.2, 0.25) is 0 Å². The largest absolute Gasteiger partial charge is 0.464 e. The van der Waals surface area contributed by atoms with Gasteiger partial charge in [-0.2, -0.15) is 11.8 Å². The molecule has 4 rings (SSSR count). The van der Waals surface area contributed by atoms with Crippen molar-refractivity contribution in [1.82, 2.24) is 9.80 Å². The van der Waals surface area contributed by atoms with Gasteiger partial charge in [0.15, 0.2) is 0 Å². The summed E-state index contributed by atoms with van der Waals surface area (Å²) in [4.78, 5) is 53.7. The van der Waals surface area contributed by atoms with Crippen LogP contribution in [-0.4, -0.2) is 70.7 Å². The minimum absolute atomic E-state index is 0.154. The van der Waals surface area contributed by atoms with Gasteiger partial charge < -0.3 is 9.64 Å². The normalized spacial score (nSPS) is 18.4. The first kappa shape index (κ1) is 21.4. The van der Waals surface area contributed by atoms with Crippen LogP contribution in [0.25, 0.3) is 10.8 Å². The van der Waals surface area contributed by atoms with Gasteiger partial charge in [-0.15, -0.1) is 0 Å². The van der Waals surface area contributed by atoms with Crippen LogP contribution in [0.3, 0.4) is 0 Å². The molecule has 0 radical (unpaired) electrons. The number of esters is 1. The van der Waals surface area contributed by atoms with Gasteiger partial charge >= 0.3 is 5.97 Å². The molecule has 2 aromatic rings. The van der Waals surface area contributed by atoms with Crippen LogP contribution in [0.1, 0.15) is 40.5 Å². The van der Waals surface area contributed by atoms with Gasteiger partial charge in [0.1, 0.15) is 6.04 Å². The minimum Gasteiger partial charge on any atom is -0.464 e. The number of ether oxygens (including phenoxy) is 1. The molecule has 0 bridgehead atoms. The van der Waals surface area contributed by atoms with E-state index in [1.807, 2.05) is 12.1 Å². The number of hydrogen-bond acceptors (Lipinski definition) is 6. The number of thioether (sulfide) groups is 1. The van der Waals surface area contributed by atoms with Crippen LogP contribution in [0.5, 0.6) is 0 Å². The van der Waals surface area contributed by atoms with Crippen molar-refractivity contribution in [3.05, 3.63) is 47.5 Å². The number of hydrogen-bond donors (Lipinski definition) is 0. The molecule has 0 saturated carbocycles. The van der Waals surface area contributed by atoms with Gasteiger partial charge in [0.25, 0.3) is 11.8 Å². The fraction of sp³-hybridized carbons (Fsp3) is 0.391. The summed E-state index contributed by atoms with van der Waals surface area (Å²) < 4.78 is 5.11. The lowest BCUT2D eigenvalue weighted by Gasteiger charge is -2.34. The Morgan fingerprint density at radius 1 is 1.10 bits per heavy atom. The fourth-order valence-corrected chi connectivity index (χ4v) is 5.18. The van der Waals surface area contributed by atoms with Crippen LogP contribution in [-0.2, 0) is 14.3 Å². The Morgan fingerprint density at radius 3 is 2.42 bits per heavy atom. The molecule has 7 nitrogen and oxygen atoms in total. The summed E-state index contributed by atoms with van der Waals surface area (Å²) in [5.41, 5.74) is 1.02. The number of amides is 3. The maximum absolute atomic E-state index is 13.0. The zero-order chi connectivity index (χ0) is 22.0. The molecule has 2 aliphatic heterocycles. The third kappa shape index (κ3) is 4.04. The summed E-state index contributed by atoms with van der Waals surface area (Å²) in [5, 5.41) is 1.55. The fourth-order valence-electron chi connectivity index (χ4n) is 4.15. The van der Waals surface area contributed by atoms with E-state index in [-0.39, 0.29) is 43.3 Å². The molecule has 8 heteroatoms. The van der Waals surface area contributed by atoms with E-state index in [1.165, 1.54) is 4.90 Å². The molecule has 0 spiro atoms. The Bertz CT molecular complexity index is 1000. The number of carbonyl (C=O) groups excluding carboxylic acids is 4. The van der Waals surface area contributed by atoms with Gasteiger partial charge in [-0.25, -0.2) is 4.79 Å². The molecule has 3 amide bonds. The van der Waals surface area contributed by atoms with Crippen molar-refractivity contribution in [2.75, 3.05) is 31.2 Å². The first-order chi connectivity index (χ1) is 15.0. The zero-order valence-electron chi connectivity index (χ0n) is 17.3. The van der Waals surface area contributed by atoms with Gasteiger partial charge in [-0.3, -0.25) is 19.3 Å². The second-order valence-electron chi connectivity index (χ2n) is 7.50. The van der Waals surface area contributed by atoms with Gasteiger partial charge in [0.2, 0.25) is 5.91 Å². The molecule has 0 aromatic heterocycles. The maximum atomic E-state index is 13.0. The molecule has 0 aliphatic carbocycles. The van der Waals surface area contributed by atoms with Crippen LogP contribution < -0.4 is 0 Å². The van der Waals surface area contributed by atoms with E-state index in [0.717, 1.165) is 11.1 Å². The Hall–Kier alpha value is -2.87. The highest BCUT2D eigenvalue weighted by Gasteiger charge is 2.35. The van der Waals surface area contributed by atoms with E-state index < -0.39 is 6.04 Å². The molecule has 2 heterocycles. The third-order valence-corrected chi connectivity index (χ3v) is 6.66. The Labute approximate surface area is 184 Å². The Kier molecular flexibility index (Phi) is 6.27. The molecular weight excluding hydrogens is 416 g/mol. The van der Waals surface area contributed by atoms with Gasteiger partial charge in [-0.05, 0) is 30.9 Å². The van der Waals surface area contributed by atoms with Gasteiger partial charge in [0.05, 0.1) is 6.61 Å². The van der Waals surface area contributed by atoms with Crippen molar-refractivity contribution < 1.29 is 23.9 Å². The first-order valence-corrected chi connectivity index (χ1v) is 11.6. The molecule has 1 unspecified atom stereocenters. The second kappa shape index (κ2) is 9.09. The van der Waals surface area contributed by atoms with Gasteiger partial charge in [0, 0.05) is 47.5 Å². The van der Waals surface area contributed by atoms with Crippen LogP contribution >= 0.6 is 11.8 Å². The number of imide groups is 1. The third-order valence-electron chi connectivity index (χ3n) is 5.64. The molecule has 31 heavy (non-hydrogen) atoms. The number of rotatable bonds is 6. The molecule has 0 N–H and O–H groups in total. The number of benzene rings is 2. The average molecular weight is 441 g/mol. The molecule has 2 aromatic carbocycles. The molecule has 1 fully saturated rings. The van der Waals surface area contributed by atoms with E-state index >= 15 is 0 Å². The zero-order valence-corrected chi connectivity index (χ0v) is 18.2. The highest BCUT2D eigenvalue weighted by atomic mass is 32.2. The summed E-state index contributed by atoms with van der Waals surface area (Å²) in [6.45, 7) is 2.66. The molecule has 1 atom stereocenters. The SMILES string of the molecule is CCOC(=O)C1CSCCN1C(=O)CCCN1C(=O)c2cccc3cccc(c23)C1=O. The smallest absolute Gasteiger partial charge is 0.329 e. The van der Waals surface area contributed by atoms with Crippen molar-refractivity contribution in [2.24, 2.45) is 0 Å². The topological polar surface area (TPSA) is 84.0 Å². The average Bonchev–Trinajstić information content (AvgIpc) is 2.79. The second-order valence-corrected chi connectivity index (χ2v) is 8.65.